The number of amides is 1. The number of ether oxygens (including phenoxy) is 1. The number of pyridine rings is 2. The van der Waals surface area contributed by atoms with Crippen LogP contribution in [0.5, 0.6) is 5.75 Å². The Kier molecular flexibility index (Phi) is 5.71. The lowest BCUT2D eigenvalue weighted by Gasteiger charge is -2.50. The number of rotatable bonds is 4. The molecule has 0 spiro atoms. The second-order valence-corrected chi connectivity index (χ2v) is 8.83. The summed E-state index contributed by atoms with van der Waals surface area (Å²) in [4.78, 5) is 27.3. The molecule has 10 heteroatoms. The van der Waals surface area contributed by atoms with Gasteiger partial charge in [-0.25, -0.2) is 9.37 Å². The average molecular weight is 481 g/mol. The minimum Gasteiger partial charge on any atom is -0.497 e. The number of hydrogen-bond acceptors (Lipinski definition) is 7. The number of methoxy groups -OCH3 is 1. The van der Waals surface area contributed by atoms with Gasteiger partial charge in [0.1, 0.15) is 17.3 Å². The molecule has 1 fully saturated rings. The van der Waals surface area contributed by atoms with E-state index in [0.717, 1.165) is 11.3 Å². The van der Waals surface area contributed by atoms with Crippen molar-refractivity contribution in [2.24, 2.45) is 0 Å². The van der Waals surface area contributed by atoms with Crippen molar-refractivity contribution >= 4 is 39.8 Å². The molecule has 1 saturated heterocycles. The average Bonchev–Trinajstić information content (AvgIpc) is 2.85. The normalized spacial score (nSPS) is 20.1. The Morgan fingerprint density at radius 1 is 1.24 bits per heavy atom. The number of carbonyl (C=O) groups excluding carboxylic acids is 1. The van der Waals surface area contributed by atoms with Gasteiger partial charge >= 0.3 is 0 Å². The molecule has 5 rings (SSSR count). The fraction of sp³-hybridized carbons (Fsp3) is 0.333. The van der Waals surface area contributed by atoms with Gasteiger partial charge in [-0.3, -0.25) is 14.7 Å². The Balaban J connectivity index is 1.55. The van der Waals surface area contributed by atoms with Crippen LogP contribution >= 0.6 is 11.6 Å². The van der Waals surface area contributed by atoms with Crippen LogP contribution in [0.3, 0.4) is 0 Å². The SMILES string of the molecule is COc1ccc(CN2CC3C(=O)N(C)c4cnc5c(F)c(Cl)ncc5c4N3CC2CC#N)cc1. The number of likely N-dealkylation sites (N-methyl/N-ethyl adjacent to an activating group) is 1. The smallest absolute Gasteiger partial charge is 0.250 e. The van der Waals surface area contributed by atoms with Crippen molar-refractivity contribution in [1.82, 2.24) is 14.9 Å². The first-order chi connectivity index (χ1) is 16.4. The molecule has 0 saturated carbocycles. The summed E-state index contributed by atoms with van der Waals surface area (Å²) < 4.78 is 19.9. The molecule has 2 aromatic heterocycles. The fourth-order valence-electron chi connectivity index (χ4n) is 4.83. The molecule has 0 N–H and O–H groups in total. The number of piperazine rings is 1. The van der Waals surface area contributed by atoms with Crippen molar-refractivity contribution in [2.75, 3.05) is 37.0 Å². The number of carbonyl (C=O) groups is 1. The van der Waals surface area contributed by atoms with Gasteiger partial charge in [-0.15, -0.1) is 0 Å². The van der Waals surface area contributed by atoms with E-state index in [1.165, 1.54) is 12.4 Å². The largest absolute Gasteiger partial charge is 0.497 e. The molecule has 0 radical (unpaired) electrons. The zero-order chi connectivity index (χ0) is 24.0. The molecule has 1 aromatic carbocycles. The van der Waals surface area contributed by atoms with E-state index in [-0.39, 0.29) is 22.6 Å². The van der Waals surface area contributed by atoms with Gasteiger partial charge in [0.2, 0.25) is 0 Å². The Morgan fingerprint density at radius 2 is 2.00 bits per heavy atom. The third kappa shape index (κ3) is 3.59. The van der Waals surface area contributed by atoms with E-state index in [4.69, 9.17) is 16.3 Å². The first kappa shape index (κ1) is 22.3. The molecule has 34 heavy (non-hydrogen) atoms. The number of fused-ring (bicyclic) bond motifs is 5. The minimum absolute atomic E-state index is 0.0776. The molecule has 2 atom stereocenters. The van der Waals surface area contributed by atoms with Crippen molar-refractivity contribution < 1.29 is 13.9 Å². The van der Waals surface area contributed by atoms with E-state index in [1.807, 2.05) is 29.2 Å². The molecular formula is C24H22ClFN6O2. The van der Waals surface area contributed by atoms with E-state index >= 15 is 0 Å². The van der Waals surface area contributed by atoms with Crippen molar-refractivity contribution in [3.8, 4) is 11.8 Å². The number of nitrogens with zero attached hydrogens (tertiary/aromatic N) is 6. The van der Waals surface area contributed by atoms with Crippen LogP contribution in [0.2, 0.25) is 5.15 Å². The topological polar surface area (TPSA) is 85.6 Å². The second-order valence-electron chi connectivity index (χ2n) is 8.48. The summed E-state index contributed by atoms with van der Waals surface area (Å²) in [5, 5.41) is 9.77. The number of anilines is 2. The van der Waals surface area contributed by atoms with Crippen molar-refractivity contribution in [1.29, 1.82) is 5.26 Å². The zero-order valence-electron chi connectivity index (χ0n) is 18.7. The highest BCUT2D eigenvalue weighted by Crippen LogP contribution is 2.43. The van der Waals surface area contributed by atoms with E-state index < -0.39 is 11.9 Å². The summed E-state index contributed by atoms with van der Waals surface area (Å²) in [5.74, 6) is 0.000219. The number of aromatic nitrogens is 2. The van der Waals surface area contributed by atoms with Gasteiger partial charge in [0.05, 0.1) is 37.2 Å². The lowest BCUT2D eigenvalue weighted by Crippen LogP contribution is -2.65. The Labute approximate surface area is 201 Å². The standard InChI is InChI=1S/C24H22ClFN6O2/c1-30-18-10-28-21-17(9-29-23(25)20(21)26)22(18)32-12-15(7-8-27)31(13-19(32)24(30)33)11-14-3-5-16(34-2)6-4-14/h3-6,9-10,15,19H,7,11-13H2,1-2H3. The van der Waals surface area contributed by atoms with E-state index in [2.05, 4.69) is 20.9 Å². The molecular weight excluding hydrogens is 459 g/mol. The Hall–Kier alpha value is -3.48. The molecule has 0 aliphatic carbocycles. The molecule has 3 aromatic rings. The number of hydrogen-bond donors (Lipinski definition) is 0. The van der Waals surface area contributed by atoms with Crippen LogP contribution in [0.4, 0.5) is 15.8 Å². The molecule has 8 nitrogen and oxygen atoms in total. The Bertz CT molecular complexity index is 1310. The monoisotopic (exact) mass is 480 g/mol. The van der Waals surface area contributed by atoms with E-state index in [1.54, 1.807) is 19.1 Å². The van der Waals surface area contributed by atoms with Crippen LogP contribution in [0.1, 0.15) is 12.0 Å². The number of nitriles is 1. The molecule has 0 bridgehead atoms. The van der Waals surface area contributed by atoms with Gasteiger partial charge < -0.3 is 14.5 Å². The highest BCUT2D eigenvalue weighted by Gasteiger charge is 2.44. The highest BCUT2D eigenvalue weighted by molar-refractivity contribution is 6.30. The third-order valence-corrected chi connectivity index (χ3v) is 6.87. The van der Waals surface area contributed by atoms with Gasteiger partial charge in [-0.05, 0) is 17.7 Å². The van der Waals surface area contributed by atoms with Crippen LogP contribution in [0, 0.1) is 17.1 Å². The van der Waals surface area contributed by atoms with E-state index in [9.17, 15) is 14.4 Å². The van der Waals surface area contributed by atoms with Crippen LogP contribution < -0.4 is 14.5 Å². The number of halogens is 2. The highest BCUT2D eigenvalue weighted by atomic mass is 35.5. The fourth-order valence-corrected chi connectivity index (χ4v) is 4.96. The minimum atomic E-state index is -0.690. The summed E-state index contributed by atoms with van der Waals surface area (Å²) in [7, 11) is 3.32. The van der Waals surface area contributed by atoms with Crippen molar-refractivity contribution in [3.63, 3.8) is 0 Å². The summed E-state index contributed by atoms with van der Waals surface area (Å²) in [6.07, 6.45) is 3.28. The predicted molar refractivity (Wildman–Crippen MR) is 126 cm³/mol. The van der Waals surface area contributed by atoms with Gasteiger partial charge in [0.15, 0.2) is 11.0 Å². The third-order valence-electron chi connectivity index (χ3n) is 6.61. The predicted octanol–water partition coefficient (Wildman–Crippen LogP) is 3.38. The maximum absolute atomic E-state index is 14.7. The van der Waals surface area contributed by atoms with Gasteiger partial charge in [-0.1, -0.05) is 23.7 Å². The lowest BCUT2D eigenvalue weighted by atomic mass is 9.97. The van der Waals surface area contributed by atoms with Crippen LogP contribution in [-0.4, -0.2) is 60.1 Å². The summed E-state index contributed by atoms with van der Waals surface area (Å²) in [6.45, 7) is 1.45. The van der Waals surface area contributed by atoms with Gasteiger partial charge in [-0.2, -0.15) is 5.26 Å². The molecule has 1 amide bonds. The molecule has 174 valence electrons. The van der Waals surface area contributed by atoms with E-state index in [0.29, 0.717) is 42.8 Å². The summed E-state index contributed by atoms with van der Waals surface area (Å²) >= 11 is 5.88. The maximum Gasteiger partial charge on any atom is 0.250 e. The van der Waals surface area contributed by atoms with Crippen LogP contribution in [0.25, 0.3) is 10.9 Å². The van der Waals surface area contributed by atoms with Crippen molar-refractivity contribution in [2.45, 2.75) is 25.0 Å². The van der Waals surface area contributed by atoms with Crippen LogP contribution in [-0.2, 0) is 11.3 Å². The number of benzene rings is 1. The van der Waals surface area contributed by atoms with Gasteiger partial charge in [0, 0.05) is 44.3 Å². The first-order valence-corrected chi connectivity index (χ1v) is 11.2. The van der Waals surface area contributed by atoms with Crippen molar-refractivity contribution in [3.05, 3.63) is 53.2 Å². The maximum atomic E-state index is 14.7. The molecule has 2 aliphatic rings. The molecule has 2 unspecified atom stereocenters. The Morgan fingerprint density at radius 3 is 2.71 bits per heavy atom. The lowest BCUT2D eigenvalue weighted by molar-refractivity contribution is -0.121. The molecule has 4 heterocycles. The van der Waals surface area contributed by atoms with Crippen LogP contribution in [0.15, 0.2) is 36.7 Å². The first-order valence-electron chi connectivity index (χ1n) is 10.8. The second kappa shape index (κ2) is 8.70. The quantitative estimate of drug-likeness (QED) is 0.529. The zero-order valence-corrected chi connectivity index (χ0v) is 19.5. The summed E-state index contributed by atoms with van der Waals surface area (Å²) in [5.41, 5.74) is 2.44. The van der Waals surface area contributed by atoms with Gasteiger partial charge in [0.25, 0.3) is 5.91 Å². The summed E-state index contributed by atoms with van der Waals surface area (Å²) in [6, 6.07) is 9.42. The molecule has 2 aliphatic heterocycles.